The molecule has 0 amide bonds. The summed E-state index contributed by atoms with van der Waals surface area (Å²) in [6.45, 7) is 2.95. The molecule has 0 spiro atoms. The minimum atomic E-state index is -0.498. The quantitative estimate of drug-likeness (QED) is 0.839. The van der Waals surface area contributed by atoms with Gasteiger partial charge in [-0.05, 0) is 61.6 Å². The van der Waals surface area contributed by atoms with Gasteiger partial charge in [0.2, 0.25) is 0 Å². The third-order valence-electron chi connectivity index (χ3n) is 4.48. The largest absolute Gasteiger partial charge is 0.310 e. The van der Waals surface area contributed by atoms with E-state index in [2.05, 4.69) is 5.32 Å². The van der Waals surface area contributed by atoms with Crippen LogP contribution in [-0.4, -0.2) is 6.54 Å². The van der Waals surface area contributed by atoms with Gasteiger partial charge in [-0.1, -0.05) is 0 Å². The Balaban J connectivity index is 1.62. The maximum atomic E-state index is 13.1. The summed E-state index contributed by atoms with van der Waals surface area (Å²) < 4.78 is 26.3. The molecule has 1 nitrogen and oxygen atoms in total. The van der Waals surface area contributed by atoms with Crippen LogP contribution in [0.1, 0.15) is 44.2 Å². The topological polar surface area (TPSA) is 12.0 Å². The molecule has 98 valence electrons. The Morgan fingerprint density at radius 2 is 1.83 bits per heavy atom. The molecule has 1 aromatic rings. The first-order valence-electron chi connectivity index (χ1n) is 6.78. The maximum absolute atomic E-state index is 13.1. The average molecular weight is 251 g/mol. The fraction of sp³-hybridized carbons (Fsp3) is 0.600. The summed E-state index contributed by atoms with van der Waals surface area (Å²) in [5.74, 6) is -0.0922. The summed E-state index contributed by atoms with van der Waals surface area (Å²) in [4.78, 5) is 0. The van der Waals surface area contributed by atoms with Gasteiger partial charge in [-0.25, -0.2) is 8.78 Å². The van der Waals surface area contributed by atoms with Crippen LogP contribution >= 0.6 is 0 Å². The lowest BCUT2D eigenvalue weighted by Gasteiger charge is -2.20. The van der Waals surface area contributed by atoms with Crippen LogP contribution in [0, 0.1) is 23.0 Å². The van der Waals surface area contributed by atoms with Gasteiger partial charge >= 0.3 is 0 Å². The normalized spacial score (nSPS) is 22.8. The fourth-order valence-electron chi connectivity index (χ4n) is 2.88. The first-order valence-corrected chi connectivity index (χ1v) is 6.78. The van der Waals surface area contributed by atoms with Gasteiger partial charge in [0.05, 0.1) is 0 Å². The Hall–Kier alpha value is -0.960. The van der Waals surface area contributed by atoms with E-state index in [1.54, 1.807) is 0 Å². The van der Waals surface area contributed by atoms with Crippen molar-refractivity contribution in [3.05, 3.63) is 35.4 Å². The van der Waals surface area contributed by atoms with E-state index in [-0.39, 0.29) is 6.04 Å². The van der Waals surface area contributed by atoms with E-state index in [4.69, 9.17) is 0 Å². The number of halogens is 2. The molecule has 1 unspecified atom stereocenters. The van der Waals surface area contributed by atoms with E-state index >= 15 is 0 Å². The van der Waals surface area contributed by atoms with Crippen molar-refractivity contribution >= 4 is 0 Å². The SMILES string of the molecule is CC(NCC1(C2CC2)CC1)c1cc(F)cc(F)c1. The van der Waals surface area contributed by atoms with E-state index in [0.29, 0.717) is 11.0 Å². The molecule has 2 aliphatic rings. The van der Waals surface area contributed by atoms with Gasteiger partial charge in [-0.3, -0.25) is 0 Å². The Kier molecular flexibility index (Phi) is 2.89. The number of hydrogen-bond acceptors (Lipinski definition) is 1. The zero-order valence-corrected chi connectivity index (χ0v) is 10.7. The van der Waals surface area contributed by atoms with Crippen molar-refractivity contribution < 1.29 is 8.78 Å². The monoisotopic (exact) mass is 251 g/mol. The van der Waals surface area contributed by atoms with Crippen LogP contribution in [0.3, 0.4) is 0 Å². The molecule has 3 heteroatoms. The molecule has 2 saturated carbocycles. The molecule has 1 N–H and O–H groups in total. The van der Waals surface area contributed by atoms with E-state index in [1.165, 1.54) is 37.8 Å². The van der Waals surface area contributed by atoms with Crippen molar-refractivity contribution in [2.24, 2.45) is 11.3 Å². The highest BCUT2D eigenvalue weighted by atomic mass is 19.1. The van der Waals surface area contributed by atoms with Crippen LogP contribution < -0.4 is 5.32 Å². The second kappa shape index (κ2) is 4.30. The second-order valence-electron chi connectivity index (χ2n) is 5.94. The molecule has 0 aromatic heterocycles. The fourth-order valence-corrected chi connectivity index (χ4v) is 2.88. The van der Waals surface area contributed by atoms with Crippen molar-refractivity contribution in [1.82, 2.24) is 5.32 Å². The Morgan fingerprint density at radius 3 is 2.33 bits per heavy atom. The maximum Gasteiger partial charge on any atom is 0.126 e. The van der Waals surface area contributed by atoms with Crippen molar-refractivity contribution in [2.75, 3.05) is 6.54 Å². The van der Waals surface area contributed by atoms with Crippen molar-refractivity contribution in [2.45, 2.75) is 38.6 Å². The second-order valence-corrected chi connectivity index (χ2v) is 5.94. The number of benzene rings is 1. The van der Waals surface area contributed by atoms with E-state index in [0.717, 1.165) is 18.5 Å². The molecule has 1 aromatic carbocycles. The van der Waals surface area contributed by atoms with Crippen LogP contribution in [0.2, 0.25) is 0 Å². The van der Waals surface area contributed by atoms with Crippen molar-refractivity contribution in [1.29, 1.82) is 0 Å². The highest BCUT2D eigenvalue weighted by Gasteiger charge is 2.53. The summed E-state index contributed by atoms with van der Waals surface area (Å²) in [5.41, 5.74) is 1.21. The molecule has 0 saturated heterocycles. The van der Waals surface area contributed by atoms with Crippen LogP contribution in [-0.2, 0) is 0 Å². The predicted molar refractivity (Wildman–Crippen MR) is 67.2 cm³/mol. The molecular weight excluding hydrogens is 232 g/mol. The zero-order chi connectivity index (χ0) is 12.8. The molecule has 18 heavy (non-hydrogen) atoms. The minimum absolute atomic E-state index is 0.00595. The summed E-state index contributed by atoms with van der Waals surface area (Å²) >= 11 is 0. The molecule has 3 rings (SSSR count). The molecule has 2 fully saturated rings. The molecule has 0 aliphatic heterocycles. The lowest BCUT2D eigenvalue weighted by molar-refractivity contribution is 0.381. The van der Waals surface area contributed by atoms with Gasteiger partial charge < -0.3 is 5.32 Å². The predicted octanol–water partition coefficient (Wildman–Crippen LogP) is 3.81. The summed E-state index contributed by atoms with van der Waals surface area (Å²) in [5, 5.41) is 3.44. The van der Waals surface area contributed by atoms with Gasteiger partial charge in [0.25, 0.3) is 0 Å². The van der Waals surface area contributed by atoms with E-state index in [1.807, 2.05) is 6.92 Å². The minimum Gasteiger partial charge on any atom is -0.310 e. The van der Waals surface area contributed by atoms with Gasteiger partial charge in [-0.15, -0.1) is 0 Å². The van der Waals surface area contributed by atoms with Crippen molar-refractivity contribution in [3.63, 3.8) is 0 Å². The summed E-state index contributed by atoms with van der Waals surface area (Å²) in [6.07, 6.45) is 5.36. The first-order chi connectivity index (χ1) is 8.59. The van der Waals surface area contributed by atoms with E-state index in [9.17, 15) is 8.78 Å². The molecule has 2 aliphatic carbocycles. The van der Waals surface area contributed by atoms with Gasteiger partial charge in [0.1, 0.15) is 11.6 Å². The highest BCUT2D eigenvalue weighted by molar-refractivity contribution is 5.21. The lowest BCUT2D eigenvalue weighted by Crippen LogP contribution is -2.28. The van der Waals surface area contributed by atoms with Crippen LogP contribution in [0.4, 0.5) is 8.78 Å². The molecule has 1 atom stereocenters. The zero-order valence-electron chi connectivity index (χ0n) is 10.7. The third kappa shape index (κ3) is 2.41. The Labute approximate surface area is 107 Å². The summed E-state index contributed by atoms with van der Waals surface area (Å²) in [6, 6.07) is 3.75. The Morgan fingerprint density at radius 1 is 1.22 bits per heavy atom. The third-order valence-corrected chi connectivity index (χ3v) is 4.48. The first kappa shape index (κ1) is 12.1. The highest BCUT2D eigenvalue weighted by Crippen LogP contribution is 2.60. The average Bonchev–Trinajstić information content (AvgIpc) is 3.15. The number of rotatable bonds is 5. The van der Waals surface area contributed by atoms with Gasteiger partial charge in [-0.2, -0.15) is 0 Å². The molecule has 0 heterocycles. The van der Waals surface area contributed by atoms with E-state index < -0.39 is 11.6 Å². The lowest BCUT2D eigenvalue weighted by atomic mass is 9.99. The standard InChI is InChI=1S/C15H19F2N/c1-10(11-6-13(16)8-14(17)7-11)18-9-15(4-5-15)12-2-3-12/h6-8,10,12,18H,2-5,9H2,1H3. The van der Waals surface area contributed by atoms with Crippen molar-refractivity contribution in [3.8, 4) is 0 Å². The van der Waals surface area contributed by atoms with Crippen LogP contribution in [0.15, 0.2) is 18.2 Å². The Bertz CT molecular complexity index is 430. The van der Waals surface area contributed by atoms with Gasteiger partial charge in [0.15, 0.2) is 0 Å². The smallest absolute Gasteiger partial charge is 0.126 e. The molecule has 0 bridgehead atoms. The van der Waals surface area contributed by atoms with Crippen LogP contribution in [0.5, 0.6) is 0 Å². The molecule has 0 radical (unpaired) electrons. The summed E-state index contributed by atoms with van der Waals surface area (Å²) in [7, 11) is 0. The van der Waals surface area contributed by atoms with Crippen LogP contribution in [0.25, 0.3) is 0 Å². The number of nitrogens with one attached hydrogen (secondary N) is 1. The van der Waals surface area contributed by atoms with Gasteiger partial charge in [0, 0.05) is 18.7 Å². The molecular formula is C15H19F2N. The number of hydrogen-bond donors (Lipinski definition) is 1.